The van der Waals surface area contributed by atoms with Gasteiger partial charge in [0.2, 0.25) is 0 Å². The highest BCUT2D eigenvalue weighted by atomic mass is 16.5. The Bertz CT molecular complexity index is 422. The maximum atomic E-state index is 11.6. The summed E-state index contributed by atoms with van der Waals surface area (Å²) in [4.78, 5) is 23.0. The van der Waals surface area contributed by atoms with Crippen LogP contribution in [0.25, 0.3) is 0 Å². The molecule has 0 saturated heterocycles. The Labute approximate surface area is 113 Å². The van der Waals surface area contributed by atoms with Gasteiger partial charge in [0.05, 0.1) is 13.2 Å². The summed E-state index contributed by atoms with van der Waals surface area (Å²) in [5.74, 6) is -0.657. The minimum absolute atomic E-state index is 0.189. The van der Waals surface area contributed by atoms with Crippen LogP contribution in [0.3, 0.4) is 0 Å². The largest absolute Gasteiger partial charge is 0.494 e. The highest BCUT2D eigenvalue weighted by Gasteiger charge is 2.24. The molecule has 4 nitrogen and oxygen atoms in total. The minimum Gasteiger partial charge on any atom is -0.494 e. The third kappa shape index (κ3) is 5.12. The molecular formula is C15H20O4. The zero-order chi connectivity index (χ0) is 14.3. The van der Waals surface area contributed by atoms with Crippen molar-refractivity contribution >= 4 is 11.8 Å². The van der Waals surface area contributed by atoms with E-state index in [-0.39, 0.29) is 12.4 Å². The van der Waals surface area contributed by atoms with E-state index in [9.17, 15) is 9.59 Å². The summed E-state index contributed by atoms with van der Waals surface area (Å²) in [6.07, 6.45) is 0.335. The Hall–Kier alpha value is -1.84. The van der Waals surface area contributed by atoms with Gasteiger partial charge in [0.25, 0.3) is 0 Å². The summed E-state index contributed by atoms with van der Waals surface area (Å²) in [6.45, 7) is 5.70. The van der Waals surface area contributed by atoms with Gasteiger partial charge in [-0.1, -0.05) is 17.7 Å². The van der Waals surface area contributed by atoms with E-state index in [1.54, 1.807) is 6.92 Å². The first-order chi connectivity index (χ1) is 9.04. The van der Waals surface area contributed by atoms with Crippen LogP contribution in [0, 0.1) is 12.8 Å². The highest BCUT2D eigenvalue weighted by molar-refractivity contribution is 5.97. The molecule has 0 saturated carbocycles. The second-order valence-corrected chi connectivity index (χ2v) is 4.37. The normalized spacial score (nSPS) is 11.7. The molecule has 4 heteroatoms. The molecule has 104 valence electrons. The number of rotatable bonds is 7. The Morgan fingerprint density at radius 2 is 1.84 bits per heavy atom. The Morgan fingerprint density at radius 3 is 2.37 bits per heavy atom. The molecule has 0 aliphatic carbocycles. The summed E-state index contributed by atoms with van der Waals surface area (Å²) in [6, 6.07) is 7.62. The third-order valence-corrected chi connectivity index (χ3v) is 2.76. The molecule has 0 bridgehead atoms. The maximum absolute atomic E-state index is 11.6. The van der Waals surface area contributed by atoms with Gasteiger partial charge in [-0.15, -0.1) is 0 Å². The molecule has 1 rings (SSSR count). The quantitative estimate of drug-likeness (QED) is 0.561. The fraction of sp³-hybridized carbons (Fsp3) is 0.467. The predicted molar refractivity (Wildman–Crippen MR) is 72.1 cm³/mol. The lowest BCUT2D eigenvalue weighted by atomic mass is 10.0. The molecule has 0 amide bonds. The van der Waals surface area contributed by atoms with Gasteiger partial charge in [0.1, 0.15) is 17.5 Å². The number of ether oxygens (including phenoxy) is 2. The molecule has 0 aliphatic rings. The third-order valence-electron chi connectivity index (χ3n) is 2.76. The molecule has 0 heterocycles. The molecule has 0 N–H and O–H groups in total. The SMILES string of the molecule is CCOC(=O)C(CCOc1ccc(C)cc1)C(C)=O. The maximum Gasteiger partial charge on any atom is 0.316 e. The zero-order valence-corrected chi connectivity index (χ0v) is 11.6. The van der Waals surface area contributed by atoms with Crippen molar-refractivity contribution in [3.8, 4) is 5.75 Å². The molecule has 0 fully saturated rings. The number of ketones is 1. The molecule has 19 heavy (non-hydrogen) atoms. The molecule has 1 unspecified atom stereocenters. The number of hydrogen-bond donors (Lipinski definition) is 0. The molecule has 1 aromatic carbocycles. The lowest BCUT2D eigenvalue weighted by molar-refractivity contribution is -0.151. The number of Topliss-reactive ketones (excluding diaryl/α,β-unsaturated/α-hetero) is 1. The number of hydrogen-bond acceptors (Lipinski definition) is 4. The van der Waals surface area contributed by atoms with Crippen LogP contribution in [-0.2, 0) is 14.3 Å². The van der Waals surface area contributed by atoms with Crippen molar-refractivity contribution in [2.24, 2.45) is 5.92 Å². The smallest absolute Gasteiger partial charge is 0.316 e. The van der Waals surface area contributed by atoms with Crippen molar-refractivity contribution in [2.45, 2.75) is 27.2 Å². The topological polar surface area (TPSA) is 52.6 Å². The molecular weight excluding hydrogens is 244 g/mol. The van der Waals surface area contributed by atoms with Gasteiger partial charge in [-0.05, 0) is 32.9 Å². The van der Waals surface area contributed by atoms with Gasteiger partial charge in [-0.2, -0.15) is 0 Å². The summed E-state index contributed by atoms with van der Waals surface area (Å²) in [5.41, 5.74) is 1.15. The number of esters is 1. The van der Waals surface area contributed by atoms with Crippen molar-refractivity contribution in [3.05, 3.63) is 29.8 Å². The number of aryl methyl sites for hydroxylation is 1. The number of carbonyl (C=O) groups is 2. The van der Waals surface area contributed by atoms with Crippen molar-refractivity contribution in [3.63, 3.8) is 0 Å². The molecule has 1 aromatic rings. The summed E-state index contributed by atoms with van der Waals surface area (Å²) >= 11 is 0. The van der Waals surface area contributed by atoms with Gasteiger partial charge in [-0.3, -0.25) is 9.59 Å². The first kappa shape index (κ1) is 15.2. The van der Waals surface area contributed by atoms with Gasteiger partial charge in [-0.25, -0.2) is 0 Å². The second-order valence-electron chi connectivity index (χ2n) is 4.37. The Kier molecular flexibility index (Phi) is 6.06. The highest BCUT2D eigenvalue weighted by Crippen LogP contribution is 2.14. The van der Waals surface area contributed by atoms with E-state index in [1.807, 2.05) is 31.2 Å². The summed E-state index contributed by atoms with van der Waals surface area (Å²) in [5, 5.41) is 0. The average molecular weight is 264 g/mol. The van der Waals surface area contributed by atoms with Crippen LogP contribution in [0.15, 0.2) is 24.3 Å². The fourth-order valence-electron chi connectivity index (χ4n) is 1.66. The van der Waals surface area contributed by atoms with E-state index in [0.29, 0.717) is 13.0 Å². The first-order valence-corrected chi connectivity index (χ1v) is 6.41. The van der Waals surface area contributed by atoms with Crippen LogP contribution in [0.1, 0.15) is 25.8 Å². The molecule has 0 spiro atoms. The zero-order valence-electron chi connectivity index (χ0n) is 11.6. The monoisotopic (exact) mass is 264 g/mol. The molecule has 0 radical (unpaired) electrons. The van der Waals surface area contributed by atoms with E-state index < -0.39 is 11.9 Å². The lowest BCUT2D eigenvalue weighted by Gasteiger charge is -2.13. The Balaban J connectivity index is 2.46. The van der Waals surface area contributed by atoms with Crippen LogP contribution in [0.4, 0.5) is 0 Å². The fourth-order valence-corrected chi connectivity index (χ4v) is 1.66. The first-order valence-electron chi connectivity index (χ1n) is 6.41. The molecule has 0 aliphatic heterocycles. The predicted octanol–water partition coefficient (Wildman–Crippen LogP) is 2.53. The van der Waals surface area contributed by atoms with Gasteiger partial charge < -0.3 is 9.47 Å². The van der Waals surface area contributed by atoms with E-state index in [0.717, 1.165) is 11.3 Å². The summed E-state index contributed by atoms with van der Waals surface area (Å²) < 4.78 is 10.4. The van der Waals surface area contributed by atoms with Crippen molar-refractivity contribution < 1.29 is 19.1 Å². The van der Waals surface area contributed by atoms with Gasteiger partial charge in [0, 0.05) is 6.42 Å². The van der Waals surface area contributed by atoms with Crippen LogP contribution in [0.2, 0.25) is 0 Å². The number of carbonyl (C=O) groups excluding carboxylic acids is 2. The van der Waals surface area contributed by atoms with E-state index in [4.69, 9.17) is 9.47 Å². The van der Waals surface area contributed by atoms with Crippen LogP contribution in [-0.4, -0.2) is 25.0 Å². The van der Waals surface area contributed by atoms with Crippen molar-refractivity contribution in [1.82, 2.24) is 0 Å². The average Bonchev–Trinajstić information content (AvgIpc) is 2.36. The lowest BCUT2D eigenvalue weighted by Crippen LogP contribution is -2.26. The van der Waals surface area contributed by atoms with Gasteiger partial charge >= 0.3 is 5.97 Å². The van der Waals surface area contributed by atoms with Crippen LogP contribution >= 0.6 is 0 Å². The Morgan fingerprint density at radius 1 is 1.21 bits per heavy atom. The van der Waals surface area contributed by atoms with Crippen molar-refractivity contribution in [2.75, 3.05) is 13.2 Å². The number of benzene rings is 1. The van der Waals surface area contributed by atoms with E-state index in [2.05, 4.69) is 0 Å². The van der Waals surface area contributed by atoms with E-state index in [1.165, 1.54) is 6.92 Å². The summed E-state index contributed by atoms with van der Waals surface area (Å²) in [7, 11) is 0. The molecule has 0 aromatic heterocycles. The minimum atomic E-state index is -0.731. The standard InChI is InChI=1S/C15H20O4/c1-4-18-15(17)14(12(3)16)9-10-19-13-7-5-11(2)6-8-13/h5-8,14H,4,9-10H2,1-3H3. The van der Waals surface area contributed by atoms with Crippen molar-refractivity contribution in [1.29, 1.82) is 0 Å². The second kappa shape index (κ2) is 7.56. The van der Waals surface area contributed by atoms with E-state index >= 15 is 0 Å². The molecule has 1 atom stereocenters. The van der Waals surface area contributed by atoms with Gasteiger partial charge in [0.15, 0.2) is 0 Å². The van der Waals surface area contributed by atoms with Crippen LogP contribution < -0.4 is 4.74 Å². The van der Waals surface area contributed by atoms with Crippen LogP contribution in [0.5, 0.6) is 5.75 Å².